The molecule has 1 amide bonds. The lowest BCUT2D eigenvalue weighted by Gasteiger charge is -2.39. The van der Waals surface area contributed by atoms with Crippen molar-refractivity contribution in [3.63, 3.8) is 0 Å². The van der Waals surface area contributed by atoms with E-state index in [1.165, 1.54) is 6.92 Å². The minimum absolute atomic E-state index is 0.0180. The predicted octanol–water partition coefficient (Wildman–Crippen LogP) is 0.692. The summed E-state index contributed by atoms with van der Waals surface area (Å²) in [6.45, 7) is 4.18. The Morgan fingerprint density at radius 1 is 1.30 bits per heavy atom. The molecule has 7 heteroatoms. The molecule has 6 nitrogen and oxygen atoms in total. The molecule has 2 aliphatic rings. The molecule has 2 fully saturated rings. The molecular formula is C16H23N3O3S. The van der Waals surface area contributed by atoms with Crippen molar-refractivity contribution in [3.8, 4) is 0 Å². The summed E-state index contributed by atoms with van der Waals surface area (Å²) in [5.41, 5.74) is 1.13. The molecule has 2 saturated heterocycles. The fourth-order valence-corrected chi connectivity index (χ4v) is 5.71. The van der Waals surface area contributed by atoms with Gasteiger partial charge >= 0.3 is 0 Å². The fourth-order valence-electron chi connectivity index (χ4n) is 3.73. The van der Waals surface area contributed by atoms with Crippen LogP contribution in [0.3, 0.4) is 0 Å². The molecule has 0 radical (unpaired) electrons. The molecule has 3 rings (SSSR count). The molecule has 2 aliphatic heterocycles. The van der Waals surface area contributed by atoms with E-state index in [1.807, 2.05) is 18.3 Å². The molecule has 0 bridgehead atoms. The molecule has 0 saturated carbocycles. The highest BCUT2D eigenvalue weighted by molar-refractivity contribution is 7.92. The Kier molecular flexibility index (Phi) is 4.68. The summed E-state index contributed by atoms with van der Waals surface area (Å²) in [5.74, 6) is 0.0756. The smallest absolute Gasteiger partial charge is 0.219 e. The molecule has 3 heterocycles. The largest absolute Gasteiger partial charge is 0.338 e. The van der Waals surface area contributed by atoms with Crippen molar-refractivity contribution in [2.75, 3.05) is 25.4 Å². The number of sulfone groups is 1. The molecule has 0 unspecified atom stereocenters. The van der Waals surface area contributed by atoms with Crippen molar-refractivity contribution in [3.05, 3.63) is 30.1 Å². The first-order valence-corrected chi connectivity index (χ1v) is 9.79. The van der Waals surface area contributed by atoms with Gasteiger partial charge in [-0.3, -0.25) is 14.7 Å². The molecule has 0 spiro atoms. The van der Waals surface area contributed by atoms with E-state index in [0.29, 0.717) is 19.4 Å². The zero-order chi connectivity index (χ0) is 16.4. The Balaban J connectivity index is 1.75. The number of hydrogen-bond acceptors (Lipinski definition) is 5. The maximum atomic E-state index is 12.4. The Morgan fingerprint density at radius 2 is 2.09 bits per heavy atom. The van der Waals surface area contributed by atoms with Gasteiger partial charge in [-0.2, -0.15) is 0 Å². The topological polar surface area (TPSA) is 70.6 Å². The molecule has 1 aromatic heterocycles. The fraction of sp³-hybridized carbons (Fsp3) is 0.625. The van der Waals surface area contributed by atoms with E-state index in [2.05, 4.69) is 9.88 Å². The van der Waals surface area contributed by atoms with Crippen LogP contribution in [0.2, 0.25) is 0 Å². The van der Waals surface area contributed by atoms with Crippen molar-refractivity contribution in [1.29, 1.82) is 0 Å². The molecule has 0 aliphatic carbocycles. The van der Waals surface area contributed by atoms with Gasteiger partial charge in [-0.15, -0.1) is 0 Å². The van der Waals surface area contributed by atoms with Gasteiger partial charge in [-0.25, -0.2) is 8.42 Å². The summed E-state index contributed by atoms with van der Waals surface area (Å²) in [7, 11) is -3.10. The van der Waals surface area contributed by atoms with Crippen LogP contribution in [0.1, 0.15) is 25.3 Å². The third kappa shape index (κ3) is 3.55. The Hall–Kier alpha value is -1.47. The average Bonchev–Trinajstić information content (AvgIpc) is 2.72. The molecule has 23 heavy (non-hydrogen) atoms. The molecule has 126 valence electrons. The molecule has 0 N–H and O–H groups in total. The Labute approximate surface area is 137 Å². The lowest BCUT2D eigenvalue weighted by Crippen LogP contribution is -2.56. The van der Waals surface area contributed by atoms with Gasteiger partial charge in [-0.1, -0.05) is 6.07 Å². The quantitative estimate of drug-likeness (QED) is 0.794. The monoisotopic (exact) mass is 337 g/mol. The first kappa shape index (κ1) is 16.4. The van der Waals surface area contributed by atoms with E-state index >= 15 is 0 Å². The standard InChI is InChI=1S/C16H23N3O3S/c1-13(20)19-9-10-23(21,22)16-5-8-18(7-4-15(16)19)12-14-3-2-6-17-11-14/h2-3,6,11,15-16H,4-5,7-10,12H2,1H3/t15-,16+/m0/s1. The van der Waals surface area contributed by atoms with Gasteiger partial charge in [0.2, 0.25) is 5.91 Å². The number of carbonyl (C=O) groups is 1. The highest BCUT2D eigenvalue weighted by Gasteiger charge is 2.43. The summed E-state index contributed by atoms with van der Waals surface area (Å²) in [5, 5.41) is -0.418. The minimum Gasteiger partial charge on any atom is -0.338 e. The first-order valence-electron chi connectivity index (χ1n) is 8.07. The van der Waals surface area contributed by atoms with Gasteiger partial charge < -0.3 is 4.90 Å². The van der Waals surface area contributed by atoms with Gasteiger partial charge in [0.25, 0.3) is 0 Å². The van der Waals surface area contributed by atoms with Crippen LogP contribution >= 0.6 is 0 Å². The van der Waals surface area contributed by atoms with Gasteiger partial charge in [0.15, 0.2) is 9.84 Å². The van der Waals surface area contributed by atoms with Crippen LogP contribution < -0.4 is 0 Å². The second kappa shape index (κ2) is 6.57. The van der Waals surface area contributed by atoms with E-state index < -0.39 is 15.1 Å². The third-order valence-corrected chi connectivity index (χ3v) is 7.14. The van der Waals surface area contributed by atoms with E-state index in [4.69, 9.17) is 0 Å². The highest BCUT2D eigenvalue weighted by Crippen LogP contribution is 2.28. The molecular weight excluding hydrogens is 314 g/mol. The number of pyridine rings is 1. The van der Waals surface area contributed by atoms with Crippen LogP contribution in [0, 0.1) is 0 Å². The molecule has 2 atom stereocenters. The number of carbonyl (C=O) groups excluding carboxylic acids is 1. The van der Waals surface area contributed by atoms with Crippen LogP contribution in [-0.4, -0.2) is 65.8 Å². The van der Waals surface area contributed by atoms with Crippen molar-refractivity contribution < 1.29 is 13.2 Å². The number of nitrogens with zero attached hydrogens (tertiary/aromatic N) is 3. The van der Waals surface area contributed by atoms with Crippen LogP contribution in [0.4, 0.5) is 0 Å². The van der Waals surface area contributed by atoms with E-state index in [0.717, 1.165) is 25.2 Å². The van der Waals surface area contributed by atoms with Gasteiger partial charge in [-0.05, 0) is 31.0 Å². The lowest BCUT2D eigenvalue weighted by atomic mass is 10.1. The second-order valence-corrected chi connectivity index (χ2v) is 8.74. The molecule has 0 aromatic carbocycles. The van der Waals surface area contributed by atoms with Gasteiger partial charge in [0.1, 0.15) is 0 Å². The van der Waals surface area contributed by atoms with Gasteiger partial charge in [0, 0.05) is 45.0 Å². The summed E-state index contributed by atoms with van der Waals surface area (Å²) < 4.78 is 24.9. The summed E-state index contributed by atoms with van der Waals surface area (Å²) >= 11 is 0. The maximum Gasteiger partial charge on any atom is 0.219 e. The number of fused-ring (bicyclic) bond motifs is 1. The zero-order valence-corrected chi connectivity index (χ0v) is 14.2. The SMILES string of the molecule is CC(=O)N1CCS(=O)(=O)[C@@H]2CCN(Cc3cccnc3)CC[C@@H]21. The van der Waals surface area contributed by atoms with Crippen molar-refractivity contribution >= 4 is 15.7 Å². The zero-order valence-electron chi connectivity index (χ0n) is 13.4. The third-order valence-electron chi connectivity index (χ3n) is 4.91. The van der Waals surface area contributed by atoms with Crippen LogP contribution in [0.15, 0.2) is 24.5 Å². The Bertz CT molecular complexity index is 662. The maximum absolute atomic E-state index is 12.4. The minimum atomic E-state index is -3.10. The van der Waals surface area contributed by atoms with Crippen LogP contribution in [0.5, 0.6) is 0 Å². The first-order chi connectivity index (χ1) is 11.0. The van der Waals surface area contributed by atoms with Crippen molar-refractivity contribution in [2.24, 2.45) is 0 Å². The van der Waals surface area contributed by atoms with Crippen molar-refractivity contribution in [1.82, 2.24) is 14.8 Å². The number of aromatic nitrogens is 1. The van der Waals surface area contributed by atoms with E-state index in [9.17, 15) is 13.2 Å². The number of likely N-dealkylation sites (tertiary alicyclic amines) is 1. The van der Waals surface area contributed by atoms with Crippen LogP contribution in [-0.2, 0) is 21.2 Å². The predicted molar refractivity (Wildman–Crippen MR) is 87.5 cm³/mol. The van der Waals surface area contributed by atoms with Crippen LogP contribution in [0.25, 0.3) is 0 Å². The normalized spacial score (nSPS) is 28.0. The van der Waals surface area contributed by atoms with E-state index in [-0.39, 0.29) is 17.7 Å². The number of amides is 1. The number of rotatable bonds is 2. The average molecular weight is 337 g/mol. The lowest BCUT2D eigenvalue weighted by molar-refractivity contribution is -0.131. The summed E-state index contributed by atoms with van der Waals surface area (Å²) in [4.78, 5) is 20.0. The summed E-state index contributed by atoms with van der Waals surface area (Å²) in [6.07, 6.45) is 4.90. The molecule has 1 aromatic rings. The van der Waals surface area contributed by atoms with E-state index in [1.54, 1.807) is 11.1 Å². The summed E-state index contributed by atoms with van der Waals surface area (Å²) in [6, 6.07) is 3.77. The Morgan fingerprint density at radius 3 is 2.78 bits per heavy atom. The van der Waals surface area contributed by atoms with Gasteiger partial charge in [0.05, 0.1) is 11.0 Å². The van der Waals surface area contributed by atoms with Crippen molar-refractivity contribution in [2.45, 2.75) is 37.6 Å². The highest BCUT2D eigenvalue weighted by atomic mass is 32.2. The second-order valence-electron chi connectivity index (χ2n) is 6.40. The number of hydrogen-bond donors (Lipinski definition) is 0.